The molecule has 0 aromatic carbocycles. The van der Waals surface area contributed by atoms with Gasteiger partial charge in [0.25, 0.3) is 0 Å². The van der Waals surface area contributed by atoms with Crippen LogP contribution in [0.5, 0.6) is 0 Å². The van der Waals surface area contributed by atoms with Crippen LogP contribution in [0.1, 0.15) is 58.3 Å². The highest BCUT2D eigenvalue weighted by atomic mass is 16.3. The van der Waals surface area contributed by atoms with E-state index in [2.05, 4.69) is 6.92 Å². The summed E-state index contributed by atoms with van der Waals surface area (Å²) >= 11 is 0. The first-order valence-corrected chi connectivity index (χ1v) is 7.16. The summed E-state index contributed by atoms with van der Waals surface area (Å²) in [5.41, 5.74) is 0. The third-order valence-electron chi connectivity index (χ3n) is 4.24. The highest BCUT2D eigenvalue weighted by Crippen LogP contribution is 2.34. The summed E-state index contributed by atoms with van der Waals surface area (Å²) in [4.78, 5) is 25.4. The van der Waals surface area contributed by atoms with Crippen molar-refractivity contribution in [3.63, 3.8) is 0 Å². The lowest BCUT2D eigenvalue weighted by atomic mass is 9.79. The third kappa shape index (κ3) is 2.74. The molecule has 0 aromatic heterocycles. The highest BCUT2D eigenvalue weighted by Gasteiger charge is 2.39. The Labute approximate surface area is 108 Å². The molecule has 1 aliphatic heterocycles. The van der Waals surface area contributed by atoms with Gasteiger partial charge in [0.05, 0.1) is 6.10 Å². The molecule has 4 nitrogen and oxygen atoms in total. The average molecular weight is 253 g/mol. The molecular formula is C14H23NO3. The lowest BCUT2D eigenvalue weighted by molar-refractivity contribution is -0.154. The largest absolute Gasteiger partial charge is 0.393 e. The molecule has 0 bridgehead atoms. The van der Waals surface area contributed by atoms with Crippen molar-refractivity contribution in [1.82, 2.24) is 4.90 Å². The molecule has 2 aliphatic rings. The van der Waals surface area contributed by atoms with Gasteiger partial charge >= 0.3 is 0 Å². The van der Waals surface area contributed by atoms with Crippen LogP contribution in [-0.2, 0) is 9.59 Å². The summed E-state index contributed by atoms with van der Waals surface area (Å²) in [6.07, 6.45) is 5.69. The van der Waals surface area contributed by atoms with Crippen LogP contribution >= 0.6 is 0 Å². The summed E-state index contributed by atoms with van der Waals surface area (Å²) in [6, 6.07) is -0.0611. The Hall–Kier alpha value is -0.900. The number of hydrogen-bond acceptors (Lipinski definition) is 3. The number of carbonyl (C=O) groups excluding carboxylic acids is 2. The second-order valence-corrected chi connectivity index (χ2v) is 5.59. The van der Waals surface area contributed by atoms with Gasteiger partial charge in [-0.3, -0.25) is 14.5 Å². The number of piperidine rings is 1. The summed E-state index contributed by atoms with van der Waals surface area (Å²) in [5.74, 6) is 0.308. The van der Waals surface area contributed by atoms with Crippen LogP contribution in [0, 0.1) is 5.92 Å². The number of imide groups is 1. The molecule has 0 spiro atoms. The van der Waals surface area contributed by atoms with Crippen LogP contribution in [-0.4, -0.2) is 34.0 Å². The Morgan fingerprint density at radius 3 is 2.50 bits per heavy atom. The molecule has 0 radical (unpaired) electrons. The lowest BCUT2D eigenvalue weighted by Gasteiger charge is -2.42. The van der Waals surface area contributed by atoms with Gasteiger partial charge in [0.15, 0.2) is 0 Å². The topological polar surface area (TPSA) is 57.6 Å². The first-order valence-electron chi connectivity index (χ1n) is 7.16. The van der Waals surface area contributed by atoms with E-state index in [4.69, 9.17) is 0 Å². The molecule has 1 saturated heterocycles. The Balaban J connectivity index is 2.14. The quantitative estimate of drug-likeness (QED) is 0.781. The number of likely N-dealkylation sites (tertiary alicyclic amines) is 1. The van der Waals surface area contributed by atoms with Crippen molar-refractivity contribution in [1.29, 1.82) is 0 Å². The van der Waals surface area contributed by atoms with E-state index >= 15 is 0 Å². The smallest absolute Gasteiger partial charge is 0.229 e. The first-order chi connectivity index (χ1) is 8.63. The molecule has 2 fully saturated rings. The molecule has 4 heteroatoms. The van der Waals surface area contributed by atoms with Crippen LogP contribution in [0.25, 0.3) is 0 Å². The van der Waals surface area contributed by atoms with Crippen molar-refractivity contribution in [3.8, 4) is 0 Å². The number of aliphatic hydroxyl groups excluding tert-OH is 1. The van der Waals surface area contributed by atoms with Gasteiger partial charge in [0.1, 0.15) is 0 Å². The predicted molar refractivity (Wildman–Crippen MR) is 67.7 cm³/mol. The molecule has 2 rings (SSSR count). The summed E-state index contributed by atoms with van der Waals surface area (Å²) in [6.45, 7) is 2.13. The number of carbonyl (C=O) groups is 2. The van der Waals surface area contributed by atoms with Gasteiger partial charge in [-0.25, -0.2) is 0 Å². The average Bonchev–Trinajstić information content (AvgIpc) is 2.32. The Bertz CT molecular complexity index is 313. The van der Waals surface area contributed by atoms with E-state index in [1.807, 2.05) is 0 Å². The van der Waals surface area contributed by atoms with Crippen LogP contribution in [0.15, 0.2) is 0 Å². The van der Waals surface area contributed by atoms with E-state index in [-0.39, 0.29) is 24.0 Å². The molecule has 2 amide bonds. The number of nitrogens with zero attached hydrogens (tertiary/aromatic N) is 1. The maximum atomic E-state index is 12.0. The second-order valence-electron chi connectivity index (χ2n) is 5.59. The molecule has 1 N–H and O–H groups in total. The standard InChI is InChI=1S/C14H23NO3/c1-2-4-10-7-8-11(16)9-12(10)15-13(17)5-3-6-14(15)18/h10-12,16H,2-9H2,1H3. The van der Waals surface area contributed by atoms with Crippen LogP contribution in [0.2, 0.25) is 0 Å². The predicted octanol–water partition coefficient (Wildman–Crippen LogP) is 1.86. The van der Waals surface area contributed by atoms with Gasteiger partial charge in [0.2, 0.25) is 11.8 Å². The summed E-state index contributed by atoms with van der Waals surface area (Å²) < 4.78 is 0. The molecule has 3 atom stereocenters. The van der Waals surface area contributed by atoms with E-state index in [1.54, 1.807) is 0 Å². The van der Waals surface area contributed by atoms with Crippen molar-refractivity contribution < 1.29 is 14.7 Å². The molecule has 102 valence electrons. The van der Waals surface area contributed by atoms with Crippen molar-refractivity contribution in [2.24, 2.45) is 5.92 Å². The molecule has 1 heterocycles. The minimum Gasteiger partial charge on any atom is -0.393 e. The molecule has 1 aliphatic carbocycles. The SMILES string of the molecule is CCCC1CCC(O)CC1N1C(=O)CCCC1=O. The third-order valence-corrected chi connectivity index (χ3v) is 4.24. The van der Waals surface area contributed by atoms with Crippen molar-refractivity contribution in [3.05, 3.63) is 0 Å². The minimum atomic E-state index is -0.356. The van der Waals surface area contributed by atoms with E-state index < -0.39 is 0 Å². The van der Waals surface area contributed by atoms with Gasteiger partial charge in [-0.15, -0.1) is 0 Å². The van der Waals surface area contributed by atoms with Crippen molar-refractivity contribution >= 4 is 11.8 Å². The first kappa shape index (κ1) is 13.5. The van der Waals surface area contributed by atoms with Gasteiger partial charge in [-0.05, 0) is 38.0 Å². The fourth-order valence-electron chi connectivity index (χ4n) is 3.35. The van der Waals surface area contributed by atoms with Gasteiger partial charge < -0.3 is 5.11 Å². The summed E-state index contributed by atoms with van der Waals surface area (Å²) in [7, 11) is 0. The zero-order chi connectivity index (χ0) is 13.1. The maximum Gasteiger partial charge on any atom is 0.229 e. The Kier molecular flexibility index (Phi) is 4.38. The Morgan fingerprint density at radius 2 is 1.89 bits per heavy atom. The minimum absolute atomic E-state index is 0.0357. The normalized spacial score (nSPS) is 33.9. The van der Waals surface area contributed by atoms with Crippen LogP contribution in [0.3, 0.4) is 0 Å². The highest BCUT2D eigenvalue weighted by molar-refractivity contribution is 5.97. The van der Waals surface area contributed by atoms with Gasteiger partial charge in [-0.2, -0.15) is 0 Å². The van der Waals surface area contributed by atoms with E-state index in [1.165, 1.54) is 4.90 Å². The fourth-order valence-corrected chi connectivity index (χ4v) is 3.35. The fraction of sp³-hybridized carbons (Fsp3) is 0.857. The van der Waals surface area contributed by atoms with Gasteiger partial charge in [-0.1, -0.05) is 13.3 Å². The molecule has 0 aromatic rings. The zero-order valence-electron chi connectivity index (χ0n) is 11.1. The van der Waals surface area contributed by atoms with Crippen molar-refractivity contribution in [2.45, 2.75) is 70.4 Å². The Morgan fingerprint density at radius 1 is 1.22 bits per heavy atom. The monoisotopic (exact) mass is 253 g/mol. The number of hydrogen-bond donors (Lipinski definition) is 1. The molecule has 3 unspecified atom stereocenters. The summed E-state index contributed by atoms with van der Waals surface area (Å²) in [5, 5.41) is 9.82. The molecule has 1 saturated carbocycles. The number of amides is 2. The van der Waals surface area contributed by atoms with Gasteiger partial charge in [0, 0.05) is 18.9 Å². The van der Waals surface area contributed by atoms with Crippen molar-refractivity contribution in [2.75, 3.05) is 0 Å². The lowest BCUT2D eigenvalue weighted by Crippen LogP contribution is -2.53. The molecule has 18 heavy (non-hydrogen) atoms. The maximum absolute atomic E-state index is 12.0. The van der Waals surface area contributed by atoms with Crippen LogP contribution in [0.4, 0.5) is 0 Å². The van der Waals surface area contributed by atoms with Crippen LogP contribution < -0.4 is 0 Å². The van der Waals surface area contributed by atoms with E-state index in [0.717, 1.165) is 25.7 Å². The van der Waals surface area contributed by atoms with E-state index in [9.17, 15) is 14.7 Å². The number of rotatable bonds is 3. The molecular weight excluding hydrogens is 230 g/mol. The second kappa shape index (κ2) is 5.83. The zero-order valence-corrected chi connectivity index (χ0v) is 11.1. The van der Waals surface area contributed by atoms with E-state index in [0.29, 0.717) is 31.6 Å². The number of aliphatic hydroxyl groups is 1.